The fourth-order valence-corrected chi connectivity index (χ4v) is 3.61. The Morgan fingerprint density at radius 2 is 1.93 bits per heavy atom. The number of halogens is 1. The zero-order valence-electron chi connectivity index (χ0n) is 15.7. The molecule has 1 aliphatic rings. The highest BCUT2D eigenvalue weighted by Gasteiger charge is 2.19. The second kappa shape index (κ2) is 8.59. The molecule has 150 valence electrons. The number of carbonyl (C=O) groups is 1. The molecule has 1 fully saturated rings. The molecule has 3 aromatic rings. The highest BCUT2D eigenvalue weighted by Crippen LogP contribution is 2.34. The number of nitrogens with zero attached hydrogens (tertiary/aromatic N) is 4. The van der Waals surface area contributed by atoms with Crippen LogP contribution in [0, 0.1) is 0 Å². The quantitative estimate of drug-likeness (QED) is 0.690. The van der Waals surface area contributed by atoms with Crippen molar-refractivity contribution in [3.05, 3.63) is 57.8 Å². The maximum atomic E-state index is 12.5. The van der Waals surface area contributed by atoms with E-state index in [9.17, 15) is 9.59 Å². The third-order valence-electron chi connectivity index (χ3n) is 4.77. The molecule has 8 nitrogen and oxygen atoms in total. The second-order valence-corrected chi connectivity index (χ2v) is 7.08. The van der Waals surface area contributed by atoms with Gasteiger partial charge in [-0.2, -0.15) is 0 Å². The minimum Gasteiger partial charge on any atom is -0.378 e. The van der Waals surface area contributed by atoms with Crippen LogP contribution in [-0.2, 0) is 16.1 Å². The minimum absolute atomic E-state index is 0.0853. The Bertz CT molecular complexity index is 1090. The molecule has 0 atom stereocenters. The van der Waals surface area contributed by atoms with E-state index < -0.39 is 0 Å². The number of para-hydroxylation sites is 1. The summed E-state index contributed by atoms with van der Waals surface area (Å²) in [5.41, 5.74) is 1.70. The molecule has 0 spiro atoms. The highest BCUT2D eigenvalue weighted by atomic mass is 35.5. The van der Waals surface area contributed by atoms with Crippen molar-refractivity contribution in [2.24, 2.45) is 0 Å². The van der Waals surface area contributed by atoms with Crippen molar-refractivity contribution in [1.82, 2.24) is 15.0 Å². The largest absolute Gasteiger partial charge is 0.378 e. The van der Waals surface area contributed by atoms with E-state index in [1.54, 1.807) is 36.4 Å². The summed E-state index contributed by atoms with van der Waals surface area (Å²) in [4.78, 5) is 27.1. The van der Waals surface area contributed by atoms with Crippen LogP contribution in [-0.4, -0.2) is 47.2 Å². The van der Waals surface area contributed by atoms with E-state index in [1.165, 1.54) is 4.68 Å². The van der Waals surface area contributed by atoms with Gasteiger partial charge in [-0.1, -0.05) is 35.0 Å². The Hall–Kier alpha value is -2.97. The lowest BCUT2D eigenvalue weighted by atomic mass is 10.2. The smallest absolute Gasteiger partial charge is 0.277 e. The minimum atomic E-state index is -0.264. The maximum absolute atomic E-state index is 12.5. The van der Waals surface area contributed by atoms with E-state index in [-0.39, 0.29) is 24.4 Å². The summed E-state index contributed by atoms with van der Waals surface area (Å²) in [6, 6.07) is 12.4. The summed E-state index contributed by atoms with van der Waals surface area (Å²) < 4.78 is 6.61. The Labute approximate surface area is 172 Å². The van der Waals surface area contributed by atoms with Gasteiger partial charge < -0.3 is 15.0 Å². The molecule has 1 aromatic heterocycles. The van der Waals surface area contributed by atoms with Gasteiger partial charge in [0.25, 0.3) is 5.56 Å². The van der Waals surface area contributed by atoms with E-state index in [4.69, 9.17) is 16.3 Å². The molecule has 0 aliphatic carbocycles. The number of rotatable bonds is 5. The van der Waals surface area contributed by atoms with Crippen molar-refractivity contribution >= 4 is 39.8 Å². The van der Waals surface area contributed by atoms with Gasteiger partial charge in [0.15, 0.2) is 0 Å². The number of fused-ring (bicyclic) bond motifs is 1. The third kappa shape index (κ3) is 4.23. The number of morpholine rings is 1. The first kappa shape index (κ1) is 19.4. The van der Waals surface area contributed by atoms with Crippen molar-refractivity contribution in [1.29, 1.82) is 0 Å². The number of nitrogens with one attached hydrogen (secondary N) is 1. The van der Waals surface area contributed by atoms with Gasteiger partial charge in [-0.05, 0) is 24.3 Å². The molecule has 0 unspecified atom stereocenters. The summed E-state index contributed by atoms with van der Waals surface area (Å²) in [6.45, 7) is 2.77. The maximum Gasteiger partial charge on any atom is 0.277 e. The first-order valence-corrected chi connectivity index (χ1v) is 9.75. The first-order chi connectivity index (χ1) is 14.1. The van der Waals surface area contributed by atoms with Crippen LogP contribution >= 0.6 is 11.6 Å². The van der Waals surface area contributed by atoms with Crippen LogP contribution in [0.1, 0.15) is 6.42 Å². The van der Waals surface area contributed by atoms with Gasteiger partial charge >= 0.3 is 0 Å². The normalized spacial score (nSPS) is 14.2. The van der Waals surface area contributed by atoms with Crippen molar-refractivity contribution in [3.63, 3.8) is 0 Å². The summed E-state index contributed by atoms with van der Waals surface area (Å²) in [5.74, 6) is -0.233. The summed E-state index contributed by atoms with van der Waals surface area (Å²) in [6.07, 6.45) is 0.0853. The lowest BCUT2D eigenvalue weighted by Gasteiger charge is -2.31. The van der Waals surface area contributed by atoms with Gasteiger partial charge in [0.2, 0.25) is 5.91 Å². The van der Waals surface area contributed by atoms with Gasteiger partial charge in [-0.25, -0.2) is 4.68 Å². The van der Waals surface area contributed by atoms with Gasteiger partial charge in [0, 0.05) is 19.5 Å². The molecule has 0 saturated carbocycles. The number of anilines is 2. The van der Waals surface area contributed by atoms with Crippen molar-refractivity contribution in [3.8, 4) is 0 Å². The second-order valence-electron chi connectivity index (χ2n) is 6.67. The zero-order chi connectivity index (χ0) is 20.2. The number of ether oxygens (including phenoxy) is 1. The van der Waals surface area contributed by atoms with Crippen LogP contribution in [0.15, 0.2) is 47.3 Å². The van der Waals surface area contributed by atoms with E-state index >= 15 is 0 Å². The summed E-state index contributed by atoms with van der Waals surface area (Å²) in [7, 11) is 0. The topological polar surface area (TPSA) is 89.3 Å². The molecule has 0 bridgehead atoms. The lowest BCUT2D eigenvalue weighted by Crippen LogP contribution is -2.37. The van der Waals surface area contributed by atoms with Gasteiger partial charge in [0.1, 0.15) is 5.52 Å². The van der Waals surface area contributed by atoms with Crippen LogP contribution in [0.25, 0.3) is 10.9 Å². The Balaban J connectivity index is 1.48. The lowest BCUT2D eigenvalue weighted by molar-refractivity contribution is -0.116. The van der Waals surface area contributed by atoms with E-state index in [0.717, 1.165) is 5.69 Å². The van der Waals surface area contributed by atoms with Gasteiger partial charge in [0.05, 0.1) is 41.5 Å². The number of hydrogen-bond donors (Lipinski definition) is 1. The fourth-order valence-electron chi connectivity index (χ4n) is 3.31. The molecular weight excluding hydrogens is 394 g/mol. The molecule has 0 radical (unpaired) electrons. The molecule has 1 aliphatic heterocycles. The predicted octanol–water partition coefficient (Wildman–Crippen LogP) is 2.31. The fraction of sp³-hybridized carbons (Fsp3) is 0.300. The number of aromatic nitrogens is 3. The Morgan fingerprint density at radius 1 is 1.14 bits per heavy atom. The first-order valence-electron chi connectivity index (χ1n) is 9.37. The van der Waals surface area contributed by atoms with E-state index in [2.05, 4.69) is 20.5 Å². The summed E-state index contributed by atoms with van der Waals surface area (Å²) in [5, 5.41) is 11.9. The predicted molar refractivity (Wildman–Crippen MR) is 112 cm³/mol. The third-order valence-corrected chi connectivity index (χ3v) is 5.07. The Kier molecular flexibility index (Phi) is 5.73. The molecule has 1 saturated heterocycles. The molecular formula is C20H20ClN5O3. The molecule has 4 rings (SSSR count). The highest BCUT2D eigenvalue weighted by molar-refractivity contribution is 6.34. The average molecular weight is 414 g/mol. The van der Waals surface area contributed by atoms with Crippen molar-refractivity contribution in [2.75, 3.05) is 36.5 Å². The molecule has 2 heterocycles. The number of aryl methyl sites for hydroxylation is 1. The van der Waals surface area contributed by atoms with Crippen molar-refractivity contribution < 1.29 is 9.53 Å². The zero-order valence-corrected chi connectivity index (χ0v) is 16.4. The Morgan fingerprint density at radius 3 is 2.76 bits per heavy atom. The SMILES string of the molecule is O=C(CCn1nnc2ccccc2c1=O)Nc1cccc(Cl)c1N1CCOCC1. The number of hydrogen-bond acceptors (Lipinski definition) is 6. The number of benzene rings is 2. The van der Waals surface area contributed by atoms with Gasteiger partial charge in [-0.3, -0.25) is 9.59 Å². The van der Waals surface area contributed by atoms with Crippen LogP contribution < -0.4 is 15.8 Å². The van der Waals surface area contributed by atoms with Crippen LogP contribution in [0.3, 0.4) is 0 Å². The number of carbonyl (C=O) groups excluding carboxylic acids is 1. The van der Waals surface area contributed by atoms with Gasteiger partial charge in [-0.15, -0.1) is 5.10 Å². The van der Waals surface area contributed by atoms with E-state index in [0.29, 0.717) is 47.9 Å². The molecule has 29 heavy (non-hydrogen) atoms. The van der Waals surface area contributed by atoms with Crippen LogP contribution in [0.4, 0.5) is 11.4 Å². The monoisotopic (exact) mass is 413 g/mol. The molecule has 9 heteroatoms. The average Bonchev–Trinajstić information content (AvgIpc) is 2.74. The number of amides is 1. The van der Waals surface area contributed by atoms with Crippen LogP contribution in [0.2, 0.25) is 5.02 Å². The van der Waals surface area contributed by atoms with Crippen molar-refractivity contribution in [2.45, 2.75) is 13.0 Å². The molecule has 2 aromatic carbocycles. The standard InChI is InChI=1S/C20H20ClN5O3/c21-15-5-3-7-17(19(15)25-10-12-29-13-11-25)22-18(27)8-9-26-20(28)14-4-1-2-6-16(14)23-24-26/h1-7H,8-13H2,(H,22,27). The van der Waals surface area contributed by atoms with E-state index in [1.807, 2.05) is 6.07 Å². The van der Waals surface area contributed by atoms with Crippen LogP contribution in [0.5, 0.6) is 0 Å². The molecule has 1 N–H and O–H groups in total. The molecule has 1 amide bonds. The summed E-state index contributed by atoms with van der Waals surface area (Å²) >= 11 is 6.40.